The van der Waals surface area contributed by atoms with Crippen molar-refractivity contribution in [3.63, 3.8) is 0 Å². The molecule has 1 heterocycles. The number of ether oxygens (including phenoxy) is 2. The maximum Gasteiger partial charge on any atom is 0.229 e. The van der Waals surface area contributed by atoms with Crippen molar-refractivity contribution in [3.05, 3.63) is 29.8 Å². The third kappa shape index (κ3) is 5.89. The van der Waals surface area contributed by atoms with Crippen LogP contribution >= 0.6 is 0 Å². The number of carbonyl (C=O) groups is 1. The van der Waals surface area contributed by atoms with E-state index in [2.05, 4.69) is 19.2 Å². The van der Waals surface area contributed by atoms with Gasteiger partial charge >= 0.3 is 0 Å². The van der Waals surface area contributed by atoms with E-state index in [1.54, 1.807) is 24.3 Å². The molecule has 158 valence electrons. The van der Waals surface area contributed by atoms with E-state index in [1.807, 2.05) is 6.92 Å². The third-order valence-corrected chi connectivity index (χ3v) is 4.65. The summed E-state index contributed by atoms with van der Waals surface area (Å²) in [6.07, 6.45) is -5.89. The minimum atomic E-state index is -1.52. The number of rotatable bonds is 8. The Kier molecular flexibility index (Phi) is 8.21. The van der Waals surface area contributed by atoms with Crippen molar-refractivity contribution in [1.82, 2.24) is 5.32 Å². The zero-order chi connectivity index (χ0) is 20.8. The second-order valence-corrected chi connectivity index (χ2v) is 7.70. The molecule has 0 aliphatic carbocycles. The Bertz CT molecular complexity index is 637. The van der Waals surface area contributed by atoms with Gasteiger partial charge in [-0.05, 0) is 25.3 Å². The highest BCUT2D eigenvalue weighted by atomic mass is 16.7. The summed E-state index contributed by atoms with van der Waals surface area (Å²) in [5.41, 5.74) is 0.591. The number of amides is 1. The number of carbonyl (C=O) groups excluding carboxylic acids is 1. The van der Waals surface area contributed by atoms with E-state index in [1.165, 1.54) is 0 Å². The Morgan fingerprint density at radius 3 is 2.46 bits per heavy atom. The summed E-state index contributed by atoms with van der Waals surface area (Å²) in [4.78, 5) is 12.4. The van der Waals surface area contributed by atoms with Crippen LogP contribution in [0, 0.1) is 5.92 Å². The SMILES string of the molecule is CC(C)CC(C)NC(=O)Cc1ccccc1OC1OC(CO)C(O)C(O)C1O. The van der Waals surface area contributed by atoms with Gasteiger partial charge in [0.2, 0.25) is 12.2 Å². The van der Waals surface area contributed by atoms with Crippen molar-refractivity contribution in [1.29, 1.82) is 0 Å². The molecule has 0 aromatic heterocycles. The largest absolute Gasteiger partial charge is 0.462 e. The van der Waals surface area contributed by atoms with E-state index in [4.69, 9.17) is 9.47 Å². The number of hydrogen-bond acceptors (Lipinski definition) is 7. The fourth-order valence-electron chi connectivity index (χ4n) is 3.32. The van der Waals surface area contributed by atoms with Gasteiger partial charge in [0.25, 0.3) is 0 Å². The Hall–Kier alpha value is -1.71. The molecular weight excluding hydrogens is 366 g/mol. The molecular formula is C20H31NO7. The Balaban J connectivity index is 2.06. The Morgan fingerprint density at radius 2 is 1.82 bits per heavy atom. The van der Waals surface area contributed by atoms with Crippen molar-refractivity contribution in [2.75, 3.05) is 6.61 Å². The lowest BCUT2D eigenvalue weighted by atomic mass is 9.99. The van der Waals surface area contributed by atoms with Crippen molar-refractivity contribution in [3.8, 4) is 5.75 Å². The van der Waals surface area contributed by atoms with Gasteiger partial charge in [0, 0.05) is 11.6 Å². The molecule has 1 saturated heterocycles. The van der Waals surface area contributed by atoms with Crippen LogP contribution in [0.3, 0.4) is 0 Å². The van der Waals surface area contributed by atoms with Gasteiger partial charge in [0.15, 0.2) is 0 Å². The lowest BCUT2D eigenvalue weighted by Crippen LogP contribution is -2.60. The molecule has 1 amide bonds. The van der Waals surface area contributed by atoms with E-state index in [-0.39, 0.29) is 18.4 Å². The van der Waals surface area contributed by atoms with Crippen LogP contribution in [0.25, 0.3) is 0 Å². The highest BCUT2D eigenvalue weighted by Gasteiger charge is 2.44. The van der Waals surface area contributed by atoms with E-state index >= 15 is 0 Å². The molecule has 0 radical (unpaired) electrons. The molecule has 5 N–H and O–H groups in total. The molecule has 0 bridgehead atoms. The number of benzene rings is 1. The van der Waals surface area contributed by atoms with E-state index in [9.17, 15) is 25.2 Å². The molecule has 28 heavy (non-hydrogen) atoms. The van der Waals surface area contributed by atoms with Crippen molar-refractivity contribution in [2.24, 2.45) is 5.92 Å². The van der Waals surface area contributed by atoms with Crippen LogP contribution in [0.4, 0.5) is 0 Å². The topological polar surface area (TPSA) is 128 Å². The molecule has 6 unspecified atom stereocenters. The van der Waals surface area contributed by atoms with Crippen LogP contribution < -0.4 is 10.1 Å². The van der Waals surface area contributed by atoms with E-state index in [0.29, 0.717) is 17.2 Å². The molecule has 0 spiro atoms. The normalized spacial score (nSPS) is 28.8. The second kappa shape index (κ2) is 10.2. The fraction of sp³-hybridized carbons (Fsp3) is 0.650. The first-order valence-electron chi connectivity index (χ1n) is 9.57. The van der Waals surface area contributed by atoms with E-state index < -0.39 is 37.3 Å². The van der Waals surface area contributed by atoms with Crippen molar-refractivity contribution in [2.45, 2.75) is 70.4 Å². The number of aliphatic hydroxyl groups excluding tert-OH is 4. The Labute approximate surface area is 165 Å². The lowest BCUT2D eigenvalue weighted by Gasteiger charge is -2.39. The molecule has 1 aliphatic rings. The van der Waals surface area contributed by atoms with Crippen LogP contribution in [0.2, 0.25) is 0 Å². The van der Waals surface area contributed by atoms with Crippen LogP contribution in [-0.2, 0) is 16.0 Å². The van der Waals surface area contributed by atoms with Crippen molar-refractivity contribution >= 4 is 5.91 Å². The molecule has 8 nitrogen and oxygen atoms in total. The monoisotopic (exact) mass is 397 g/mol. The smallest absolute Gasteiger partial charge is 0.229 e. The fourth-order valence-corrected chi connectivity index (χ4v) is 3.32. The minimum absolute atomic E-state index is 0.0472. The summed E-state index contributed by atoms with van der Waals surface area (Å²) in [5.74, 6) is 0.633. The zero-order valence-corrected chi connectivity index (χ0v) is 16.5. The summed E-state index contributed by atoms with van der Waals surface area (Å²) in [6, 6.07) is 6.88. The molecule has 1 aromatic carbocycles. The van der Waals surface area contributed by atoms with Gasteiger partial charge in [0.05, 0.1) is 13.0 Å². The molecule has 1 fully saturated rings. The first-order chi connectivity index (χ1) is 13.2. The van der Waals surface area contributed by atoms with Gasteiger partial charge in [-0.1, -0.05) is 32.0 Å². The van der Waals surface area contributed by atoms with Crippen LogP contribution in [-0.4, -0.2) is 69.7 Å². The maximum atomic E-state index is 12.4. The van der Waals surface area contributed by atoms with Crippen LogP contribution in [0.15, 0.2) is 24.3 Å². The van der Waals surface area contributed by atoms with Crippen LogP contribution in [0.1, 0.15) is 32.8 Å². The molecule has 1 aliphatic heterocycles. The maximum absolute atomic E-state index is 12.4. The number of nitrogens with one attached hydrogen (secondary N) is 1. The van der Waals surface area contributed by atoms with Gasteiger partial charge < -0.3 is 35.2 Å². The minimum Gasteiger partial charge on any atom is -0.462 e. The standard InChI is InChI=1S/C20H31NO7/c1-11(2)8-12(3)21-16(23)9-13-6-4-5-7-14(13)27-20-19(26)18(25)17(24)15(10-22)28-20/h4-7,11-12,15,17-20,22,24-26H,8-10H2,1-3H3,(H,21,23). The summed E-state index contributed by atoms with van der Waals surface area (Å²) in [6.45, 7) is 5.59. The molecule has 8 heteroatoms. The summed E-state index contributed by atoms with van der Waals surface area (Å²) < 4.78 is 11.1. The first-order valence-corrected chi connectivity index (χ1v) is 9.57. The lowest BCUT2D eigenvalue weighted by molar-refractivity contribution is -0.277. The predicted octanol–water partition coefficient (Wildman–Crippen LogP) is -0.0414. The number of aliphatic hydroxyl groups is 4. The highest BCUT2D eigenvalue weighted by Crippen LogP contribution is 2.26. The predicted molar refractivity (Wildman–Crippen MR) is 102 cm³/mol. The summed E-state index contributed by atoms with van der Waals surface area (Å²) in [7, 11) is 0. The molecule has 0 saturated carbocycles. The number of hydrogen-bond donors (Lipinski definition) is 5. The molecule has 1 aromatic rings. The summed E-state index contributed by atoms with van der Waals surface area (Å²) in [5, 5.41) is 42.1. The average Bonchev–Trinajstić information content (AvgIpc) is 2.62. The Morgan fingerprint density at radius 1 is 1.14 bits per heavy atom. The average molecular weight is 397 g/mol. The third-order valence-electron chi connectivity index (χ3n) is 4.65. The first kappa shape index (κ1) is 22.6. The van der Waals surface area contributed by atoms with E-state index in [0.717, 1.165) is 6.42 Å². The van der Waals surface area contributed by atoms with Crippen LogP contribution in [0.5, 0.6) is 5.75 Å². The summed E-state index contributed by atoms with van der Waals surface area (Å²) >= 11 is 0. The second-order valence-electron chi connectivity index (χ2n) is 7.70. The molecule has 6 atom stereocenters. The highest BCUT2D eigenvalue weighted by molar-refractivity contribution is 5.79. The van der Waals surface area contributed by atoms with Gasteiger partial charge in [-0.3, -0.25) is 4.79 Å². The van der Waals surface area contributed by atoms with Gasteiger partial charge in [-0.25, -0.2) is 0 Å². The molecule has 2 rings (SSSR count). The quantitative estimate of drug-likeness (QED) is 0.416. The van der Waals surface area contributed by atoms with Gasteiger partial charge in [-0.15, -0.1) is 0 Å². The van der Waals surface area contributed by atoms with Crippen molar-refractivity contribution < 1.29 is 34.7 Å². The van der Waals surface area contributed by atoms with Gasteiger partial charge in [0.1, 0.15) is 30.2 Å². The number of para-hydroxylation sites is 1. The van der Waals surface area contributed by atoms with Gasteiger partial charge in [-0.2, -0.15) is 0 Å². The zero-order valence-electron chi connectivity index (χ0n) is 16.5.